The lowest BCUT2D eigenvalue weighted by molar-refractivity contribution is 0.0703. The zero-order valence-electron chi connectivity index (χ0n) is 14.9. The number of likely N-dealkylation sites (tertiary alicyclic amines) is 1. The van der Waals surface area contributed by atoms with Crippen molar-refractivity contribution in [3.63, 3.8) is 0 Å². The van der Waals surface area contributed by atoms with Gasteiger partial charge in [0.05, 0.1) is 0 Å². The van der Waals surface area contributed by atoms with E-state index in [1.807, 2.05) is 59.5 Å². The van der Waals surface area contributed by atoms with Crippen LogP contribution in [0.1, 0.15) is 37.0 Å². The van der Waals surface area contributed by atoms with Gasteiger partial charge in [-0.25, -0.2) is 0 Å². The van der Waals surface area contributed by atoms with Crippen molar-refractivity contribution in [1.29, 1.82) is 0 Å². The van der Waals surface area contributed by atoms with Crippen molar-refractivity contribution < 1.29 is 9.53 Å². The predicted molar refractivity (Wildman–Crippen MR) is 100 cm³/mol. The zero-order valence-corrected chi connectivity index (χ0v) is 14.9. The number of benzene rings is 2. The average molecular weight is 338 g/mol. The van der Waals surface area contributed by atoms with Crippen LogP contribution >= 0.6 is 0 Å². The number of carbonyl (C=O) groups excluding carboxylic acids is 1. The Hall–Kier alpha value is -2.33. The fraction of sp³-hybridized carbons (Fsp3) is 0.381. The molecule has 1 fully saturated rings. The second-order valence-corrected chi connectivity index (χ2v) is 6.83. The Labute approximate surface area is 149 Å². The van der Waals surface area contributed by atoms with Gasteiger partial charge in [-0.3, -0.25) is 4.79 Å². The van der Waals surface area contributed by atoms with Crippen LogP contribution in [-0.2, 0) is 0 Å². The first kappa shape index (κ1) is 17.5. The van der Waals surface area contributed by atoms with Gasteiger partial charge < -0.3 is 15.0 Å². The van der Waals surface area contributed by atoms with Crippen LogP contribution in [0, 0.1) is 0 Å². The molecular formula is C21H26N2O2. The molecule has 4 nitrogen and oxygen atoms in total. The van der Waals surface area contributed by atoms with E-state index in [0.717, 1.165) is 31.7 Å². The molecule has 0 radical (unpaired) electrons. The highest BCUT2D eigenvalue weighted by Crippen LogP contribution is 2.23. The Morgan fingerprint density at radius 2 is 1.72 bits per heavy atom. The molecule has 0 atom stereocenters. The summed E-state index contributed by atoms with van der Waals surface area (Å²) in [6.45, 7) is 5.92. The maximum Gasteiger partial charge on any atom is 0.253 e. The van der Waals surface area contributed by atoms with E-state index in [2.05, 4.69) is 19.2 Å². The maximum atomic E-state index is 12.8. The summed E-state index contributed by atoms with van der Waals surface area (Å²) in [7, 11) is 0. The molecule has 25 heavy (non-hydrogen) atoms. The van der Waals surface area contributed by atoms with Crippen molar-refractivity contribution in [3.8, 4) is 11.5 Å². The molecule has 1 N–H and O–H groups in total. The Kier molecular flexibility index (Phi) is 5.71. The lowest BCUT2D eigenvalue weighted by atomic mass is 10.0. The molecule has 0 aromatic heterocycles. The fourth-order valence-electron chi connectivity index (χ4n) is 3.22. The molecule has 1 saturated heterocycles. The number of hydrogen-bond donors (Lipinski definition) is 1. The normalized spacial score (nSPS) is 15.4. The number of ether oxygens (including phenoxy) is 1. The van der Waals surface area contributed by atoms with Crippen molar-refractivity contribution in [1.82, 2.24) is 10.2 Å². The van der Waals surface area contributed by atoms with Crippen molar-refractivity contribution >= 4 is 5.91 Å². The first-order valence-corrected chi connectivity index (χ1v) is 9.00. The smallest absolute Gasteiger partial charge is 0.253 e. The highest BCUT2D eigenvalue weighted by Gasteiger charge is 2.24. The highest BCUT2D eigenvalue weighted by molar-refractivity contribution is 5.94. The van der Waals surface area contributed by atoms with Crippen LogP contribution in [0.4, 0.5) is 0 Å². The molecule has 3 rings (SSSR count). The number of amides is 1. The van der Waals surface area contributed by atoms with Gasteiger partial charge in [0.15, 0.2) is 0 Å². The van der Waals surface area contributed by atoms with Gasteiger partial charge in [0.2, 0.25) is 0 Å². The van der Waals surface area contributed by atoms with Gasteiger partial charge in [0.25, 0.3) is 5.91 Å². The number of carbonyl (C=O) groups is 1. The van der Waals surface area contributed by atoms with E-state index in [1.165, 1.54) is 0 Å². The van der Waals surface area contributed by atoms with Crippen molar-refractivity contribution in [2.45, 2.75) is 38.8 Å². The van der Waals surface area contributed by atoms with Gasteiger partial charge in [-0.15, -0.1) is 0 Å². The number of nitrogens with one attached hydrogen (secondary N) is 1. The Morgan fingerprint density at radius 3 is 2.40 bits per heavy atom. The first-order chi connectivity index (χ1) is 12.1. The van der Waals surface area contributed by atoms with Crippen molar-refractivity contribution in [2.24, 2.45) is 0 Å². The third kappa shape index (κ3) is 4.83. The van der Waals surface area contributed by atoms with Crippen LogP contribution in [0.15, 0.2) is 54.6 Å². The number of hydrogen-bond acceptors (Lipinski definition) is 3. The molecular weight excluding hydrogens is 312 g/mol. The third-order valence-electron chi connectivity index (χ3n) is 4.41. The minimum absolute atomic E-state index is 0.0847. The van der Waals surface area contributed by atoms with Gasteiger partial charge in [-0.1, -0.05) is 38.1 Å². The van der Waals surface area contributed by atoms with Gasteiger partial charge in [0, 0.05) is 30.7 Å². The Morgan fingerprint density at radius 1 is 1.04 bits per heavy atom. The van der Waals surface area contributed by atoms with E-state index in [1.54, 1.807) is 0 Å². The molecule has 0 unspecified atom stereocenters. The van der Waals surface area contributed by atoms with Gasteiger partial charge in [0.1, 0.15) is 11.5 Å². The summed E-state index contributed by atoms with van der Waals surface area (Å²) < 4.78 is 5.84. The fourth-order valence-corrected chi connectivity index (χ4v) is 3.22. The van der Waals surface area contributed by atoms with Crippen LogP contribution in [0.25, 0.3) is 0 Å². The number of nitrogens with zero attached hydrogens (tertiary/aromatic N) is 1. The molecule has 1 aliphatic heterocycles. The molecule has 1 amide bonds. The van der Waals surface area contributed by atoms with E-state index < -0.39 is 0 Å². The van der Waals surface area contributed by atoms with E-state index in [4.69, 9.17) is 4.74 Å². The summed E-state index contributed by atoms with van der Waals surface area (Å²) in [5.74, 6) is 1.54. The van der Waals surface area contributed by atoms with Crippen molar-refractivity contribution in [2.75, 3.05) is 13.1 Å². The molecule has 0 aliphatic carbocycles. The maximum absolute atomic E-state index is 12.8. The number of piperidine rings is 1. The molecule has 2 aromatic rings. The highest BCUT2D eigenvalue weighted by atomic mass is 16.5. The first-order valence-electron chi connectivity index (χ1n) is 9.00. The van der Waals surface area contributed by atoms with E-state index in [-0.39, 0.29) is 5.91 Å². The zero-order chi connectivity index (χ0) is 17.6. The van der Waals surface area contributed by atoms with E-state index in [9.17, 15) is 4.79 Å². The van der Waals surface area contributed by atoms with Gasteiger partial charge in [-0.05, 0) is 43.2 Å². The monoisotopic (exact) mass is 338 g/mol. The predicted octanol–water partition coefficient (Wildman–Crippen LogP) is 4.08. The quantitative estimate of drug-likeness (QED) is 0.893. The molecule has 0 bridgehead atoms. The summed E-state index contributed by atoms with van der Waals surface area (Å²) in [5, 5.41) is 3.56. The minimum atomic E-state index is 0.0847. The molecule has 0 spiro atoms. The van der Waals surface area contributed by atoms with Crippen LogP contribution in [0.3, 0.4) is 0 Å². The molecule has 1 heterocycles. The third-order valence-corrected chi connectivity index (χ3v) is 4.41. The number of rotatable bonds is 5. The second-order valence-electron chi connectivity index (χ2n) is 6.83. The van der Waals surface area contributed by atoms with Crippen LogP contribution in [-0.4, -0.2) is 36.0 Å². The second kappa shape index (κ2) is 8.17. The topological polar surface area (TPSA) is 41.6 Å². The summed E-state index contributed by atoms with van der Waals surface area (Å²) in [6.07, 6.45) is 2.01. The summed E-state index contributed by atoms with van der Waals surface area (Å²) in [5.41, 5.74) is 0.684. The van der Waals surface area contributed by atoms with E-state index in [0.29, 0.717) is 23.4 Å². The SMILES string of the molecule is CC(C)NC1CCN(C(=O)c2cccc(Oc3ccccc3)c2)CC1. The molecule has 4 heteroatoms. The van der Waals surface area contributed by atoms with Crippen LogP contribution in [0.2, 0.25) is 0 Å². The summed E-state index contributed by atoms with van der Waals surface area (Å²) in [6, 6.07) is 18.1. The van der Waals surface area contributed by atoms with Crippen LogP contribution in [0.5, 0.6) is 11.5 Å². The summed E-state index contributed by atoms with van der Waals surface area (Å²) >= 11 is 0. The average Bonchev–Trinajstić information content (AvgIpc) is 2.62. The molecule has 132 valence electrons. The summed E-state index contributed by atoms with van der Waals surface area (Å²) in [4.78, 5) is 14.7. The van der Waals surface area contributed by atoms with Crippen LogP contribution < -0.4 is 10.1 Å². The van der Waals surface area contributed by atoms with Gasteiger partial charge >= 0.3 is 0 Å². The lowest BCUT2D eigenvalue weighted by Gasteiger charge is -2.33. The standard InChI is InChI=1S/C21H26N2O2/c1-16(2)22-18-11-13-23(14-12-18)21(24)17-7-6-10-20(15-17)25-19-8-4-3-5-9-19/h3-10,15-16,18,22H,11-14H2,1-2H3. The van der Waals surface area contributed by atoms with Gasteiger partial charge in [-0.2, -0.15) is 0 Å². The molecule has 0 saturated carbocycles. The lowest BCUT2D eigenvalue weighted by Crippen LogP contribution is -2.46. The molecule has 1 aliphatic rings. The minimum Gasteiger partial charge on any atom is -0.457 e. The van der Waals surface area contributed by atoms with Crippen molar-refractivity contribution in [3.05, 3.63) is 60.2 Å². The largest absolute Gasteiger partial charge is 0.457 e. The molecule has 2 aromatic carbocycles. The van der Waals surface area contributed by atoms with E-state index >= 15 is 0 Å². The Balaban J connectivity index is 1.62. The number of para-hydroxylation sites is 1. The Bertz CT molecular complexity index is 692.